The monoisotopic (exact) mass is 330 g/mol. The first-order valence-corrected chi connectivity index (χ1v) is 8.69. The maximum Gasteiger partial charge on any atom is 0.240 e. The number of hydrogen-bond donors (Lipinski definition) is 0. The summed E-state index contributed by atoms with van der Waals surface area (Å²) in [5, 5.41) is 3.96. The molecule has 0 radical (unpaired) electrons. The molecule has 3 heterocycles. The number of anilines is 1. The Morgan fingerprint density at radius 2 is 1.88 bits per heavy atom. The zero-order chi connectivity index (χ0) is 17.1. The van der Waals surface area contributed by atoms with Gasteiger partial charge in [0.1, 0.15) is 11.6 Å². The minimum Gasteiger partial charge on any atom is -0.354 e. The van der Waals surface area contributed by atoms with E-state index in [1.807, 2.05) is 13.8 Å². The van der Waals surface area contributed by atoms with E-state index in [1.165, 1.54) is 0 Å². The Bertz CT molecular complexity index is 675. The summed E-state index contributed by atoms with van der Waals surface area (Å²) in [6.45, 7) is 12.9. The van der Waals surface area contributed by atoms with Crippen LogP contribution in [0.3, 0.4) is 0 Å². The smallest absolute Gasteiger partial charge is 0.240 e. The minimum atomic E-state index is 0.343. The molecule has 1 fully saturated rings. The standard InChI is InChI=1S/C17H26N6O/c1-5-14-19-16(24-21-14)11-22-6-8-23(9-7-22)15-10-13(4)18-17(20-15)12(2)3/h10,12H,5-9,11H2,1-4H3. The van der Waals surface area contributed by atoms with Crippen molar-refractivity contribution < 1.29 is 4.52 Å². The molecule has 0 unspecified atom stereocenters. The molecule has 1 saturated heterocycles. The molecule has 1 aliphatic heterocycles. The van der Waals surface area contributed by atoms with Crippen LogP contribution in [0.1, 0.15) is 49.9 Å². The van der Waals surface area contributed by atoms with Gasteiger partial charge in [-0.2, -0.15) is 4.98 Å². The van der Waals surface area contributed by atoms with Crippen LogP contribution in [-0.2, 0) is 13.0 Å². The zero-order valence-corrected chi connectivity index (χ0v) is 15.0. The Hall–Kier alpha value is -2.02. The predicted molar refractivity (Wildman–Crippen MR) is 92.0 cm³/mol. The Morgan fingerprint density at radius 3 is 2.50 bits per heavy atom. The van der Waals surface area contributed by atoms with Crippen LogP contribution in [0.25, 0.3) is 0 Å². The average Bonchev–Trinajstić information content (AvgIpc) is 3.02. The van der Waals surface area contributed by atoms with Crippen molar-refractivity contribution in [3.63, 3.8) is 0 Å². The first-order chi connectivity index (χ1) is 11.5. The quantitative estimate of drug-likeness (QED) is 0.832. The lowest BCUT2D eigenvalue weighted by Gasteiger charge is -2.34. The molecule has 0 aromatic carbocycles. The normalized spacial score (nSPS) is 16.1. The van der Waals surface area contributed by atoms with E-state index < -0.39 is 0 Å². The maximum atomic E-state index is 5.29. The molecule has 7 heteroatoms. The lowest BCUT2D eigenvalue weighted by atomic mass is 10.2. The maximum absolute atomic E-state index is 5.29. The summed E-state index contributed by atoms with van der Waals surface area (Å²) in [6, 6.07) is 2.08. The second kappa shape index (κ2) is 7.25. The highest BCUT2D eigenvalue weighted by atomic mass is 16.5. The topological polar surface area (TPSA) is 71.2 Å². The van der Waals surface area contributed by atoms with Crippen molar-refractivity contribution in [3.8, 4) is 0 Å². The summed E-state index contributed by atoms with van der Waals surface area (Å²) < 4.78 is 5.29. The van der Waals surface area contributed by atoms with Crippen LogP contribution < -0.4 is 4.90 Å². The molecule has 0 atom stereocenters. The van der Waals surface area contributed by atoms with Crippen molar-refractivity contribution >= 4 is 5.82 Å². The summed E-state index contributed by atoms with van der Waals surface area (Å²) in [5.41, 5.74) is 1.03. The van der Waals surface area contributed by atoms with Crippen molar-refractivity contribution in [2.75, 3.05) is 31.1 Å². The number of hydrogen-bond acceptors (Lipinski definition) is 7. The van der Waals surface area contributed by atoms with Crippen LogP contribution in [0.15, 0.2) is 10.6 Å². The van der Waals surface area contributed by atoms with Gasteiger partial charge in [0.05, 0.1) is 6.54 Å². The van der Waals surface area contributed by atoms with Crippen molar-refractivity contribution in [1.82, 2.24) is 25.0 Å². The third-order valence-electron chi connectivity index (χ3n) is 4.26. The average molecular weight is 330 g/mol. The first kappa shape index (κ1) is 16.8. The van der Waals surface area contributed by atoms with Gasteiger partial charge in [-0.15, -0.1) is 0 Å². The van der Waals surface area contributed by atoms with Gasteiger partial charge in [0, 0.05) is 50.3 Å². The molecule has 2 aromatic rings. The molecule has 24 heavy (non-hydrogen) atoms. The Balaban J connectivity index is 1.60. The van der Waals surface area contributed by atoms with E-state index in [2.05, 4.69) is 44.8 Å². The van der Waals surface area contributed by atoms with E-state index >= 15 is 0 Å². The third kappa shape index (κ3) is 3.90. The molecule has 7 nitrogen and oxygen atoms in total. The van der Waals surface area contributed by atoms with Crippen molar-refractivity contribution in [2.24, 2.45) is 0 Å². The molecule has 3 rings (SSSR count). The van der Waals surface area contributed by atoms with Crippen molar-refractivity contribution in [3.05, 3.63) is 29.3 Å². The number of aromatic nitrogens is 4. The van der Waals surface area contributed by atoms with Gasteiger partial charge in [0.2, 0.25) is 5.89 Å². The molecule has 0 aliphatic carbocycles. The Kier molecular flexibility index (Phi) is 5.08. The van der Waals surface area contributed by atoms with Crippen LogP contribution in [-0.4, -0.2) is 51.2 Å². The van der Waals surface area contributed by atoms with E-state index in [4.69, 9.17) is 9.51 Å². The highest BCUT2D eigenvalue weighted by molar-refractivity contribution is 5.40. The van der Waals surface area contributed by atoms with Crippen LogP contribution in [0.2, 0.25) is 0 Å². The van der Waals surface area contributed by atoms with Crippen LogP contribution >= 0.6 is 0 Å². The fraction of sp³-hybridized carbons (Fsp3) is 0.647. The molecule has 0 bridgehead atoms. The van der Waals surface area contributed by atoms with E-state index in [1.54, 1.807) is 0 Å². The lowest BCUT2D eigenvalue weighted by Crippen LogP contribution is -2.46. The zero-order valence-electron chi connectivity index (χ0n) is 15.0. The summed E-state index contributed by atoms with van der Waals surface area (Å²) >= 11 is 0. The van der Waals surface area contributed by atoms with Crippen molar-refractivity contribution in [1.29, 1.82) is 0 Å². The van der Waals surface area contributed by atoms with Gasteiger partial charge in [-0.3, -0.25) is 4.90 Å². The molecule has 0 saturated carbocycles. The van der Waals surface area contributed by atoms with E-state index in [9.17, 15) is 0 Å². The molecule has 0 N–H and O–H groups in total. The highest BCUT2D eigenvalue weighted by Gasteiger charge is 2.21. The Morgan fingerprint density at radius 1 is 1.12 bits per heavy atom. The lowest BCUT2D eigenvalue weighted by molar-refractivity contribution is 0.215. The summed E-state index contributed by atoms with van der Waals surface area (Å²) in [5.74, 6) is 3.79. The summed E-state index contributed by atoms with van der Waals surface area (Å²) in [4.78, 5) is 18.3. The Labute approximate surface area is 143 Å². The van der Waals surface area contributed by atoms with Crippen LogP contribution in [0.5, 0.6) is 0 Å². The second-order valence-electron chi connectivity index (χ2n) is 6.60. The summed E-state index contributed by atoms with van der Waals surface area (Å²) in [6.07, 6.45) is 0.808. The molecular weight excluding hydrogens is 304 g/mol. The fourth-order valence-corrected chi connectivity index (χ4v) is 2.82. The second-order valence-corrected chi connectivity index (χ2v) is 6.60. The molecule has 0 spiro atoms. The van der Waals surface area contributed by atoms with Gasteiger partial charge >= 0.3 is 0 Å². The van der Waals surface area contributed by atoms with Gasteiger partial charge < -0.3 is 9.42 Å². The van der Waals surface area contributed by atoms with Gasteiger partial charge in [0.15, 0.2) is 5.82 Å². The fourth-order valence-electron chi connectivity index (χ4n) is 2.82. The summed E-state index contributed by atoms with van der Waals surface area (Å²) in [7, 11) is 0. The highest BCUT2D eigenvalue weighted by Crippen LogP contribution is 2.19. The molecule has 2 aromatic heterocycles. The van der Waals surface area contributed by atoms with Crippen LogP contribution in [0.4, 0.5) is 5.82 Å². The number of piperazine rings is 1. The van der Waals surface area contributed by atoms with Crippen molar-refractivity contribution in [2.45, 2.75) is 46.6 Å². The number of rotatable bonds is 5. The first-order valence-electron chi connectivity index (χ1n) is 8.69. The molecule has 130 valence electrons. The third-order valence-corrected chi connectivity index (χ3v) is 4.26. The van der Waals surface area contributed by atoms with E-state index in [0.717, 1.165) is 62.3 Å². The van der Waals surface area contributed by atoms with E-state index in [-0.39, 0.29) is 0 Å². The van der Waals surface area contributed by atoms with Crippen LogP contribution in [0, 0.1) is 6.92 Å². The number of nitrogens with zero attached hydrogens (tertiary/aromatic N) is 6. The van der Waals surface area contributed by atoms with Gasteiger partial charge in [-0.1, -0.05) is 25.9 Å². The molecular formula is C17H26N6O. The minimum absolute atomic E-state index is 0.343. The van der Waals surface area contributed by atoms with Gasteiger partial charge in [-0.05, 0) is 6.92 Å². The number of aryl methyl sites for hydroxylation is 2. The SMILES string of the molecule is CCc1noc(CN2CCN(c3cc(C)nc(C(C)C)n3)CC2)n1. The van der Waals surface area contributed by atoms with E-state index in [0.29, 0.717) is 11.8 Å². The molecule has 1 aliphatic rings. The van der Waals surface area contributed by atoms with Gasteiger partial charge in [0.25, 0.3) is 0 Å². The predicted octanol–water partition coefficient (Wildman–Crippen LogP) is 2.18. The molecule has 0 amide bonds. The largest absolute Gasteiger partial charge is 0.354 e. The van der Waals surface area contributed by atoms with Gasteiger partial charge in [-0.25, -0.2) is 9.97 Å².